The van der Waals surface area contributed by atoms with Crippen LogP contribution < -0.4 is 11.1 Å². The van der Waals surface area contributed by atoms with Gasteiger partial charge in [-0.25, -0.2) is 0 Å². The molecule has 1 aliphatic rings. The van der Waals surface area contributed by atoms with Gasteiger partial charge in [-0.1, -0.05) is 5.16 Å². The Morgan fingerprint density at radius 1 is 1.76 bits per heavy atom. The number of nitrogens with zero attached hydrogens (tertiary/aromatic N) is 2. The van der Waals surface area contributed by atoms with E-state index in [1.54, 1.807) is 13.0 Å². The van der Waals surface area contributed by atoms with Gasteiger partial charge in [-0.2, -0.15) is 0 Å². The molecule has 1 atom stereocenters. The van der Waals surface area contributed by atoms with Crippen molar-refractivity contribution in [2.24, 2.45) is 5.73 Å². The maximum Gasteiger partial charge on any atom is 0.240 e. The van der Waals surface area contributed by atoms with Crippen LogP contribution in [0.15, 0.2) is 10.6 Å². The molecule has 2 rings (SSSR count). The fourth-order valence-corrected chi connectivity index (χ4v) is 1.81. The molecule has 0 aliphatic carbocycles. The van der Waals surface area contributed by atoms with Gasteiger partial charge in [0.05, 0.1) is 12.2 Å². The topological polar surface area (TPSA) is 84.4 Å². The summed E-state index contributed by atoms with van der Waals surface area (Å²) in [5.74, 6) is 0.302. The normalized spacial score (nSPS) is 20.0. The molecule has 1 saturated heterocycles. The molecule has 0 unspecified atom stereocenters. The van der Waals surface area contributed by atoms with Gasteiger partial charge >= 0.3 is 0 Å². The van der Waals surface area contributed by atoms with Crippen molar-refractivity contribution in [3.05, 3.63) is 11.8 Å². The highest BCUT2D eigenvalue weighted by atomic mass is 35.5. The van der Waals surface area contributed by atoms with Crippen molar-refractivity contribution in [3.8, 4) is 0 Å². The second-order valence-electron chi connectivity index (χ2n) is 4.16. The first-order valence-electron chi connectivity index (χ1n) is 5.34. The lowest BCUT2D eigenvalue weighted by atomic mass is 10.3. The monoisotopic (exact) mass is 260 g/mol. The number of likely N-dealkylation sites (tertiary alicyclic amines) is 1. The number of aromatic nitrogens is 1. The van der Waals surface area contributed by atoms with Crippen molar-refractivity contribution in [3.63, 3.8) is 0 Å². The Morgan fingerprint density at radius 2 is 2.53 bits per heavy atom. The second-order valence-corrected chi connectivity index (χ2v) is 4.16. The Morgan fingerprint density at radius 3 is 3.06 bits per heavy atom. The Balaban J connectivity index is 0.00000144. The molecule has 7 heteroatoms. The highest BCUT2D eigenvalue weighted by Gasteiger charge is 2.21. The molecular weight excluding hydrogens is 244 g/mol. The maximum atomic E-state index is 11.6. The Labute approximate surface area is 106 Å². The van der Waals surface area contributed by atoms with Crippen molar-refractivity contribution in [1.82, 2.24) is 10.1 Å². The number of rotatable bonds is 3. The second kappa shape index (κ2) is 6.00. The molecular formula is C10H17ClN4O2. The fraction of sp³-hybridized carbons (Fsp3) is 0.600. The summed E-state index contributed by atoms with van der Waals surface area (Å²) in [7, 11) is 0. The van der Waals surface area contributed by atoms with E-state index in [0.717, 1.165) is 25.2 Å². The van der Waals surface area contributed by atoms with Gasteiger partial charge < -0.3 is 10.3 Å². The van der Waals surface area contributed by atoms with Gasteiger partial charge in [0.15, 0.2) is 0 Å². The van der Waals surface area contributed by atoms with Gasteiger partial charge in [-0.15, -0.1) is 12.4 Å². The van der Waals surface area contributed by atoms with Crippen molar-refractivity contribution in [1.29, 1.82) is 0 Å². The minimum Gasteiger partial charge on any atom is -0.338 e. The summed E-state index contributed by atoms with van der Waals surface area (Å²) < 4.78 is 4.90. The van der Waals surface area contributed by atoms with E-state index < -0.39 is 0 Å². The molecule has 1 aliphatic heterocycles. The van der Waals surface area contributed by atoms with Crippen LogP contribution in [0.1, 0.15) is 12.1 Å². The Hall–Kier alpha value is -1.11. The third kappa shape index (κ3) is 3.99. The molecule has 1 amide bonds. The SMILES string of the molecule is Cc1cc(NC(=O)CN2CC[C@@H](N)C2)on1.Cl. The number of hydrogen-bond donors (Lipinski definition) is 2. The molecule has 0 aromatic carbocycles. The lowest BCUT2D eigenvalue weighted by Crippen LogP contribution is -2.33. The van der Waals surface area contributed by atoms with E-state index in [0.29, 0.717) is 12.4 Å². The number of nitrogens with two attached hydrogens (primary N) is 1. The number of halogens is 1. The first-order chi connectivity index (χ1) is 7.63. The summed E-state index contributed by atoms with van der Waals surface area (Å²) in [6, 6.07) is 1.88. The maximum absolute atomic E-state index is 11.6. The van der Waals surface area contributed by atoms with Crippen molar-refractivity contribution in [2.45, 2.75) is 19.4 Å². The van der Waals surface area contributed by atoms with Crippen LogP contribution in [-0.2, 0) is 4.79 Å². The van der Waals surface area contributed by atoms with Crippen LogP contribution in [-0.4, -0.2) is 41.6 Å². The van der Waals surface area contributed by atoms with Crippen LogP contribution in [0.25, 0.3) is 0 Å². The van der Waals surface area contributed by atoms with Gasteiger partial charge in [0.25, 0.3) is 0 Å². The number of amides is 1. The molecule has 0 bridgehead atoms. The average molecular weight is 261 g/mol. The smallest absolute Gasteiger partial charge is 0.240 e. The molecule has 1 fully saturated rings. The van der Waals surface area contributed by atoms with Crippen molar-refractivity contribution in [2.75, 3.05) is 25.0 Å². The first kappa shape index (κ1) is 14.0. The van der Waals surface area contributed by atoms with Crippen LogP contribution >= 0.6 is 12.4 Å². The van der Waals surface area contributed by atoms with Crippen molar-refractivity contribution < 1.29 is 9.32 Å². The number of carbonyl (C=O) groups excluding carboxylic acids is 1. The number of hydrogen-bond acceptors (Lipinski definition) is 5. The van der Waals surface area contributed by atoms with E-state index >= 15 is 0 Å². The Bertz CT molecular complexity index is 382. The van der Waals surface area contributed by atoms with Gasteiger partial charge in [-0.3, -0.25) is 15.0 Å². The zero-order chi connectivity index (χ0) is 11.5. The highest BCUT2D eigenvalue weighted by molar-refractivity contribution is 5.90. The minimum absolute atomic E-state index is 0. The summed E-state index contributed by atoms with van der Waals surface area (Å²) in [5.41, 5.74) is 6.50. The molecule has 0 saturated carbocycles. The summed E-state index contributed by atoms with van der Waals surface area (Å²) in [6.07, 6.45) is 0.953. The highest BCUT2D eigenvalue weighted by Crippen LogP contribution is 2.10. The third-order valence-corrected chi connectivity index (χ3v) is 2.57. The Kier molecular flexibility index (Phi) is 4.92. The molecule has 1 aromatic heterocycles. The molecule has 96 valence electrons. The van der Waals surface area contributed by atoms with E-state index in [1.165, 1.54) is 0 Å². The summed E-state index contributed by atoms with van der Waals surface area (Å²) in [5, 5.41) is 6.34. The minimum atomic E-state index is -0.0924. The number of anilines is 1. The van der Waals surface area contributed by atoms with Crippen LogP contribution in [0.4, 0.5) is 5.88 Å². The van der Waals surface area contributed by atoms with Crippen LogP contribution in [0.5, 0.6) is 0 Å². The molecule has 0 spiro atoms. The van der Waals surface area contributed by atoms with E-state index in [1.807, 2.05) is 4.90 Å². The van der Waals surface area contributed by atoms with Gasteiger partial charge in [0.1, 0.15) is 0 Å². The number of carbonyl (C=O) groups is 1. The standard InChI is InChI=1S/C10H16N4O2.ClH/c1-7-4-10(16-13-7)12-9(15)6-14-3-2-8(11)5-14;/h4,8H,2-3,5-6,11H2,1H3,(H,12,15);1H/t8-;/m1./s1. The van der Waals surface area contributed by atoms with Crippen molar-refractivity contribution >= 4 is 24.2 Å². The van der Waals surface area contributed by atoms with Gasteiger partial charge in [0, 0.05) is 25.2 Å². The van der Waals surface area contributed by atoms with E-state index in [2.05, 4.69) is 10.5 Å². The molecule has 1 aromatic rings. The zero-order valence-corrected chi connectivity index (χ0v) is 10.5. The molecule has 3 N–H and O–H groups in total. The van der Waals surface area contributed by atoms with Gasteiger partial charge in [0.2, 0.25) is 11.8 Å². The van der Waals surface area contributed by atoms with E-state index in [4.69, 9.17) is 10.3 Å². The van der Waals surface area contributed by atoms with Crippen LogP contribution in [0.3, 0.4) is 0 Å². The molecule has 2 heterocycles. The van der Waals surface area contributed by atoms with Crippen LogP contribution in [0, 0.1) is 6.92 Å². The summed E-state index contributed by atoms with van der Waals surface area (Å²) >= 11 is 0. The average Bonchev–Trinajstić information content (AvgIpc) is 2.76. The lowest BCUT2D eigenvalue weighted by molar-refractivity contribution is -0.117. The molecule has 0 radical (unpaired) electrons. The summed E-state index contributed by atoms with van der Waals surface area (Å²) in [6.45, 7) is 3.82. The largest absolute Gasteiger partial charge is 0.338 e. The predicted octanol–water partition coefficient (Wildman–Crippen LogP) is 0.376. The molecule has 6 nitrogen and oxygen atoms in total. The lowest BCUT2D eigenvalue weighted by Gasteiger charge is -2.13. The fourth-order valence-electron chi connectivity index (χ4n) is 1.81. The quantitative estimate of drug-likeness (QED) is 0.821. The van der Waals surface area contributed by atoms with E-state index in [-0.39, 0.29) is 24.4 Å². The first-order valence-corrected chi connectivity index (χ1v) is 5.34. The third-order valence-electron chi connectivity index (χ3n) is 2.57. The van der Waals surface area contributed by atoms with Gasteiger partial charge in [-0.05, 0) is 13.3 Å². The zero-order valence-electron chi connectivity index (χ0n) is 9.68. The number of nitrogens with one attached hydrogen (secondary N) is 1. The van der Waals surface area contributed by atoms with E-state index in [9.17, 15) is 4.79 Å². The predicted molar refractivity (Wildman–Crippen MR) is 66.2 cm³/mol. The molecule has 17 heavy (non-hydrogen) atoms. The summed E-state index contributed by atoms with van der Waals surface area (Å²) in [4.78, 5) is 13.6. The number of aryl methyl sites for hydroxylation is 1. The van der Waals surface area contributed by atoms with Crippen LogP contribution in [0.2, 0.25) is 0 Å².